The zero-order valence-corrected chi connectivity index (χ0v) is 19.2. The van der Waals surface area contributed by atoms with E-state index in [1.807, 2.05) is 31.2 Å². The fourth-order valence-electron chi connectivity index (χ4n) is 3.33. The van der Waals surface area contributed by atoms with Crippen molar-refractivity contribution in [3.8, 4) is 17.2 Å². The molecule has 0 amide bonds. The van der Waals surface area contributed by atoms with Crippen LogP contribution < -0.4 is 14.2 Å². The Morgan fingerprint density at radius 1 is 1.00 bits per heavy atom. The highest BCUT2D eigenvalue weighted by atomic mass is 35.5. The van der Waals surface area contributed by atoms with Crippen molar-refractivity contribution < 1.29 is 23.7 Å². The topological polar surface area (TPSA) is 66.4 Å². The molecule has 4 rings (SSSR count). The Balaban J connectivity index is 1.63. The number of aliphatic imine (C=N–C) groups is 1. The third-order valence-corrected chi connectivity index (χ3v) is 5.38. The lowest BCUT2D eigenvalue weighted by atomic mass is 10.1. The van der Waals surface area contributed by atoms with Crippen LogP contribution >= 0.6 is 11.6 Å². The molecule has 3 aromatic rings. The van der Waals surface area contributed by atoms with E-state index in [1.54, 1.807) is 56.7 Å². The molecule has 0 aliphatic carbocycles. The number of hydrogen-bond donors (Lipinski definition) is 0. The van der Waals surface area contributed by atoms with Gasteiger partial charge in [0.2, 0.25) is 11.6 Å². The van der Waals surface area contributed by atoms with Crippen LogP contribution in [0.5, 0.6) is 17.2 Å². The number of benzene rings is 3. The molecule has 1 aliphatic heterocycles. The van der Waals surface area contributed by atoms with E-state index in [0.29, 0.717) is 40.0 Å². The van der Waals surface area contributed by atoms with Crippen LogP contribution in [0, 0.1) is 6.92 Å². The maximum absolute atomic E-state index is 12.4. The molecule has 0 aromatic heterocycles. The fourth-order valence-corrected chi connectivity index (χ4v) is 3.46. The number of esters is 1. The summed E-state index contributed by atoms with van der Waals surface area (Å²) >= 11 is 5.92. The Kier molecular flexibility index (Phi) is 6.66. The highest BCUT2D eigenvalue weighted by Gasteiger charge is 2.25. The van der Waals surface area contributed by atoms with Gasteiger partial charge in [-0.3, -0.25) is 0 Å². The molecule has 6 nitrogen and oxygen atoms in total. The van der Waals surface area contributed by atoms with E-state index in [2.05, 4.69) is 4.99 Å². The van der Waals surface area contributed by atoms with Gasteiger partial charge in [-0.1, -0.05) is 35.9 Å². The summed E-state index contributed by atoms with van der Waals surface area (Å²) in [5.74, 6) is 1.11. The number of carbonyl (C=O) groups is 1. The van der Waals surface area contributed by atoms with Crippen LogP contribution in [0.4, 0.5) is 0 Å². The van der Waals surface area contributed by atoms with Crippen LogP contribution in [0.3, 0.4) is 0 Å². The van der Waals surface area contributed by atoms with Crippen molar-refractivity contribution in [2.75, 3.05) is 14.2 Å². The molecule has 0 fully saturated rings. The predicted octanol–water partition coefficient (Wildman–Crippen LogP) is 5.59. The van der Waals surface area contributed by atoms with Crippen molar-refractivity contribution >= 4 is 29.5 Å². The molecule has 0 saturated heterocycles. The summed E-state index contributed by atoms with van der Waals surface area (Å²) < 4.78 is 22.4. The van der Waals surface area contributed by atoms with Gasteiger partial charge in [-0.2, -0.15) is 0 Å². The third-order valence-electron chi connectivity index (χ3n) is 5.13. The fraction of sp³-hybridized carbons (Fsp3) is 0.154. The zero-order valence-electron chi connectivity index (χ0n) is 18.4. The quantitative estimate of drug-likeness (QED) is 0.337. The highest BCUT2D eigenvalue weighted by Crippen LogP contribution is 2.40. The van der Waals surface area contributed by atoms with Crippen molar-refractivity contribution in [2.24, 2.45) is 4.99 Å². The molecule has 0 bridgehead atoms. The molecule has 0 saturated carbocycles. The van der Waals surface area contributed by atoms with Crippen molar-refractivity contribution in [1.29, 1.82) is 0 Å². The molecule has 168 valence electrons. The molecule has 0 spiro atoms. The first-order valence-electron chi connectivity index (χ1n) is 10.2. The van der Waals surface area contributed by atoms with Crippen molar-refractivity contribution in [1.82, 2.24) is 0 Å². The van der Waals surface area contributed by atoms with Gasteiger partial charge in [0, 0.05) is 10.6 Å². The minimum absolute atomic E-state index is 0.164. The first-order valence-corrected chi connectivity index (χ1v) is 10.6. The normalized spacial score (nSPS) is 14.1. The minimum Gasteiger partial charge on any atom is -0.493 e. The molecule has 0 radical (unpaired) electrons. The van der Waals surface area contributed by atoms with Gasteiger partial charge in [-0.05, 0) is 66.1 Å². The molecular weight excluding hydrogens is 442 g/mol. The molecule has 7 heteroatoms. The van der Waals surface area contributed by atoms with Crippen LogP contribution in [0.2, 0.25) is 5.02 Å². The average Bonchev–Trinajstić information content (AvgIpc) is 3.18. The summed E-state index contributed by atoms with van der Waals surface area (Å²) in [7, 11) is 3.10. The summed E-state index contributed by atoms with van der Waals surface area (Å²) in [6, 6.07) is 18.4. The zero-order chi connectivity index (χ0) is 23.4. The second-order valence-electron chi connectivity index (χ2n) is 7.31. The Hall–Kier alpha value is -3.77. The lowest BCUT2D eigenvalue weighted by molar-refractivity contribution is -0.129. The van der Waals surface area contributed by atoms with Crippen LogP contribution in [0.15, 0.2) is 71.4 Å². The first-order chi connectivity index (χ1) is 16.0. The molecule has 3 aromatic carbocycles. The van der Waals surface area contributed by atoms with E-state index in [9.17, 15) is 4.79 Å². The number of rotatable bonds is 7. The van der Waals surface area contributed by atoms with Crippen molar-refractivity contribution in [3.63, 3.8) is 0 Å². The van der Waals surface area contributed by atoms with Gasteiger partial charge in [0.05, 0.1) is 14.2 Å². The number of ether oxygens (including phenoxy) is 4. The second-order valence-corrected chi connectivity index (χ2v) is 7.75. The molecule has 33 heavy (non-hydrogen) atoms. The molecule has 0 N–H and O–H groups in total. The van der Waals surface area contributed by atoms with Gasteiger partial charge in [0.15, 0.2) is 17.2 Å². The smallest absolute Gasteiger partial charge is 0.363 e. The maximum atomic E-state index is 12.4. The summed E-state index contributed by atoms with van der Waals surface area (Å²) in [6.45, 7) is 2.39. The lowest BCUT2D eigenvalue weighted by Gasteiger charge is -2.16. The van der Waals surface area contributed by atoms with Gasteiger partial charge in [-0.15, -0.1) is 0 Å². The van der Waals surface area contributed by atoms with E-state index >= 15 is 0 Å². The maximum Gasteiger partial charge on any atom is 0.363 e. The van der Waals surface area contributed by atoms with Gasteiger partial charge >= 0.3 is 5.97 Å². The standard InChI is InChI=1S/C26H22ClNO5/c1-16-6-4-5-7-19(16)15-32-24-22(30-2)13-17(14-23(24)31-3)12-21-26(29)33-25(28-21)18-8-10-20(27)11-9-18/h4-14H,15H2,1-3H3. The third kappa shape index (κ3) is 5.02. The lowest BCUT2D eigenvalue weighted by Crippen LogP contribution is -2.05. The van der Waals surface area contributed by atoms with Gasteiger partial charge < -0.3 is 18.9 Å². The summed E-state index contributed by atoms with van der Waals surface area (Å²) in [4.78, 5) is 16.7. The summed E-state index contributed by atoms with van der Waals surface area (Å²) in [5.41, 5.74) is 3.67. The number of nitrogens with zero attached hydrogens (tertiary/aromatic N) is 1. The predicted molar refractivity (Wildman–Crippen MR) is 127 cm³/mol. The van der Waals surface area contributed by atoms with E-state index in [4.69, 9.17) is 30.5 Å². The van der Waals surface area contributed by atoms with Gasteiger partial charge in [-0.25, -0.2) is 9.79 Å². The van der Waals surface area contributed by atoms with Crippen LogP contribution in [-0.4, -0.2) is 26.1 Å². The Labute approximate surface area is 197 Å². The van der Waals surface area contributed by atoms with E-state index in [1.165, 1.54) is 0 Å². The Morgan fingerprint density at radius 2 is 1.67 bits per heavy atom. The largest absolute Gasteiger partial charge is 0.493 e. The number of carbonyl (C=O) groups excluding carboxylic acids is 1. The molecule has 0 atom stereocenters. The molecule has 1 heterocycles. The van der Waals surface area contributed by atoms with Crippen LogP contribution in [0.25, 0.3) is 6.08 Å². The first kappa shape index (κ1) is 22.4. The highest BCUT2D eigenvalue weighted by molar-refractivity contribution is 6.30. The van der Waals surface area contributed by atoms with E-state index in [-0.39, 0.29) is 11.6 Å². The van der Waals surface area contributed by atoms with Crippen molar-refractivity contribution in [3.05, 3.63) is 93.6 Å². The number of hydrogen-bond acceptors (Lipinski definition) is 6. The number of methoxy groups -OCH3 is 2. The van der Waals surface area contributed by atoms with Crippen molar-refractivity contribution in [2.45, 2.75) is 13.5 Å². The van der Waals surface area contributed by atoms with E-state index < -0.39 is 5.97 Å². The van der Waals surface area contributed by atoms with Gasteiger partial charge in [0.25, 0.3) is 0 Å². The summed E-state index contributed by atoms with van der Waals surface area (Å²) in [6.07, 6.45) is 1.61. The molecule has 0 unspecified atom stereocenters. The Morgan fingerprint density at radius 3 is 2.30 bits per heavy atom. The molecule has 1 aliphatic rings. The summed E-state index contributed by atoms with van der Waals surface area (Å²) in [5, 5.41) is 0.586. The van der Waals surface area contributed by atoms with Gasteiger partial charge in [0.1, 0.15) is 6.61 Å². The Bertz CT molecular complexity index is 1220. The minimum atomic E-state index is -0.544. The second kappa shape index (κ2) is 9.79. The monoisotopic (exact) mass is 463 g/mol. The average molecular weight is 464 g/mol. The number of cyclic esters (lactones) is 1. The van der Waals surface area contributed by atoms with Crippen LogP contribution in [-0.2, 0) is 16.1 Å². The number of halogens is 1. The molecular formula is C26H22ClNO5. The van der Waals surface area contributed by atoms with Crippen LogP contribution in [0.1, 0.15) is 22.3 Å². The SMILES string of the molecule is COc1cc(C=C2N=C(c3ccc(Cl)cc3)OC2=O)cc(OC)c1OCc1ccccc1C. The number of aryl methyl sites for hydroxylation is 1. The van der Waals surface area contributed by atoms with E-state index in [0.717, 1.165) is 11.1 Å².